The van der Waals surface area contributed by atoms with E-state index in [4.69, 9.17) is 5.73 Å². The Balaban J connectivity index is 1.92. The van der Waals surface area contributed by atoms with Crippen LogP contribution in [0.5, 0.6) is 0 Å². The molecular weight excluding hydrogens is 286 g/mol. The molecule has 0 saturated carbocycles. The first-order valence-electron chi connectivity index (χ1n) is 7.16. The highest BCUT2D eigenvalue weighted by atomic mass is 32.1. The Hall–Kier alpha value is -1.73. The molecule has 0 aromatic carbocycles. The average Bonchev–Trinajstić information content (AvgIpc) is 3.15. The van der Waals surface area contributed by atoms with Gasteiger partial charge in [-0.15, -0.1) is 16.4 Å². The van der Waals surface area contributed by atoms with Crippen LogP contribution >= 0.6 is 11.3 Å². The van der Waals surface area contributed by atoms with Crippen molar-refractivity contribution in [1.82, 2.24) is 20.3 Å². The van der Waals surface area contributed by atoms with Gasteiger partial charge in [0, 0.05) is 17.5 Å². The van der Waals surface area contributed by atoms with Gasteiger partial charge >= 0.3 is 0 Å². The quantitative estimate of drug-likeness (QED) is 0.776. The Morgan fingerprint density at radius 3 is 3.10 bits per heavy atom. The van der Waals surface area contributed by atoms with Crippen LogP contribution in [0, 0.1) is 0 Å². The molecule has 3 N–H and O–H groups in total. The molecule has 21 heavy (non-hydrogen) atoms. The number of amides is 1. The van der Waals surface area contributed by atoms with Crippen molar-refractivity contribution in [3.63, 3.8) is 0 Å². The predicted molar refractivity (Wildman–Crippen MR) is 83.3 cm³/mol. The summed E-state index contributed by atoms with van der Waals surface area (Å²) in [5.74, 6) is -0.209. The Morgan fingerprint density at radius 1 is 1.57 bits per heavy atom. The van der Waals surface area contributed by atoms with Crippen molar-refractivity contribution in [2.24, 2.45) is 5.73 Å². The van der Waals surface area contributed by atoms with Gasteiger partial charge in [0.25, 0.3) is 5.91 Å². The van der Waals surface area contributed by atoms with Crippen molar-refractivity contribution in [3.05, 3.63) is 34.3 Å². The first-order valence-corrected chi connectivity index (χ1v) is 8.04. The standard InChI is InChI=1S/C14H21N5OS/c1-2-3-5-11(8-15)16-14(20)13-10-19(18-17-13)9-12-6-4-7-21-12/h4,6-7,10-11H,2-3,5,8-9,15H2,1H3,(H,16,20). The van der Waals surface area contributed by atoms with Gasteiger partial charge in [-0.3, -0.25) is 4.79 Å². The van der Waals surface area contributed by atoms with Crippen LogP contribution in [0.4, 0.5) is 0 Å². The number of unbranched alkanes of at least 4 members (excludes halogenated alkanes) is 1. The molecule has 1 unspecified atom stereocenters. The zero-order valence-corrected chi connectivity index (χ0v) is 13.0. The molecule has 6 nitrogen and oxygen atoms in total. The minimum atomic E-state index is -0.209. The molecule has 0 fully saturated rings. The summed E-state index contributed by atoms with van der Waals surface area (Å²) >= 11 is 1.65. The van der Waals surface area contributed by atoms with E-state index in [1.165, 1.54) is 4.88 Å². The summed E-state index contributed by atoms with van der Waals surface area (Å²) in [6, 6.07) is 4.02. The molecular formula is C14H21N5OS. The maximum atomic E-state index is 12.1. The second kappa shape index (κ2) is 7.90. The lowest BCUT2D eigenvalue weighted by Crippen LogP contribution is -2.40. The molecule has 1 amide bonds. The van der Waals surface area contributed by atoms with E-state index in [0.717, 1.165) is 19.3 Å². The molecule has 0 aliphatic rings. The van der Waals surface area contributed by atoms with Gasteiger partial charge in [-0.1, -0.05) is 31.0 Å². The zero-order valence-electron chi connectivity index (χ0n) is 12.2. The van der Waals surface area contributed by atoms with E-state index in [1.807, 2.05) is 17.5 Å². The number of rotatable bonds is 8. The lowest BCUT2D eigenvalue weighted by atomic mass is 10.1. The third-order valence-electron chi connectivity index (χ3n) is 3.20. The number of hydrogen-bond donors (Lipinski definition) is 2. The highest BCUT2D eigenvalue weighted by molar-refractivity contribution is 7.09. The number of carbonyl (C=O) groups excluding carboxylic acids is 1. The van der Waals surface area contributed by atoms with Gasteiger partial charge in [-0.05, 0) is 17.9 Å². The number of nitrogens with two attached hydrogens (primary N) is 1. The summed E-state index contributed by atoms with van der Waals surface area (Å²) in [6.07, 6.45) is 4.70. The Morgan fingerprint density at radius 2 is 2.43 bits per heavy atom. The Kier molecular flexibility index (Phi) is 5.89. The maximum Gasteiger partial charge on any atom is 0.273 e. The van der Waals surface area contributed by atoms with Crippen LogP contribution in [-0.2, 0) is 6.54 Å². The van der Waals surface area contributed by atoms with Gasteiger partial charge in [-0.2, -0.15) is 0 Å². The number of nitrogens with one attached hydrogen (secondary N) is 1. The van der Waals surface area contributed by atoms with Crippen LogP contribution in [0.2, 0.25) is 0 Å². The summed E-state index contributed by atoms with van der Waals surface area (Å²) in [4.78, 5) is 13.3. The monoisotopic (exact) mass is 307 g/mol. The van der Waals surface area contributed by atoms with E-state index in [1.54, 1.807) is 22.2 Å². The van der Waals surface area contributed by atoms with E-state index < -0.39 is 0 Å². The van der Waals surface area contributed by atoms with Crippen LogP contribution < -0.4 is 11.1 Å². The molecule has 2 aromatic rings. The van der Waals surface area contributed by atoms with E-state index in [2.05, 4.69) is 22.6 Å². The van der Waals surface area contributed by atoms with Crippen molar-refractivity contribution in [2.45, 2.75) is 38.8 Å². The number of thiophene rings is 1. The molecule has 0 bridgehead atoms. The third kappa shape index (κ3) is 4.64. The first-order chi connectivity index (χ1) is 10.2. The molecule has 114 valence electrons. The number of aromatic nitrogens is 3. The van der Waals surface area contributed by atoms with E-state index >= 15 is 0 Å². The van der Waals surface area contributed by atoms with Gasteiger partial charge in [-0.25, -0.2) is 4.68 Å². The lowest BCUT2D eigenvalue weighted by Gasteiger charge is -2.15. The van der Waals surface area contributed by atoms with Crippen LogP contribution in [0.15, 0.2) is 23.7 Å². The Labute approximate surface area is 128 Å². The molecule has 2 rings (SSSR count). The van der Waals surface area contributed by atoms with E-state index in [-0.39, 0.29) is 11.9 Å². The minimum Gasteiger partial charge on any atom is -0.347 e. The van der Waals surface area contributed by atoms with Crippen LogP contribution in [-0.4, -0.2) is 33.5 Å². The lowest BCUT2D eigenvalue weighted by molar-refractivity contribution is 0.0930. The van der Waals surface area contributed by atoms with Gasteiger partial charge in [0.2, 0.25) is 0 Å². The van der Waals surface area contributed by atoms with E-state index in [9.17, 15) is 4.79 Å². The minimum absolute atomic E-state index is 0.0000963. The molecule has 0 saturated heterocycles. The fourth-order valence-electron chi connectivity index (χ4n) is 2.00. The molecule has 7 heteroatoms. The fraction of sp³-hybridized carbons (Fsp3) is 0.500. The van der Waals surface area contributed by atoms with Crippen molar-refractivity contribution in [1.29, 1.82) is 0 Å². The van der Waals surface area contributed by atoms with Crippen molar-refractivity contribution in [2.75, 3.05) is 6.54 Å². The van der Waals surface area contributed by atoms with Crippen LogP contribution in [0.25, 0.3) is 0 Å². The number of carbonyl (C=O) groups is 1. The average molecular weight is 307 g/mol. The maximum absolute atomic E-state index is 12.1. The molecule has 0 aliphatic heterocycles. The summed E-state index contributed by atoms with van der Waals surface area (Å²) in [5.41, 5.74) is 6.02. The topological polar surface area (TPSA) is 85.8 Å². The zero-order chi connectivity index (χ0) is 15.1. The first kappa shape index (κ1) is 15.7. The summed E-state index contributed by atoms with van der Waals surface area (Å²) < 4.78 is 1.67. The molecule has 0 spiro atoms. The number of nitrogens with zero attached hydrogens (tertiary/aromatic N) is 3. The summed E-state index contributed by atoms with van der Waals surface area (Å²) in [6.45, 7) is 3.19. The number of hydrogen-bond acceptors (Lipinski definition) is 5. The van der Waals surface area contributed by atoms with E-state index in [0.29, 0.717) is 18.8 Å². The predicted octanol–water partition coefficient (Wildman–Crippen LogP) is 1.64. The SMILES string of the molecule is CCCCC(CN)NC(=O)c1cn(Cc2cccs2)nn1. The van der Waals surface area contributed by atoms with Gasteiger partial charge in [0.05, 0.1) is 12.7 Å². The Bertz CT molecular complexity index is 551. The molecule has 1 atom stereocenters. The second-order valence-electron chi connectivity index (χ2n) is 4.93. The van der Waals surface area contributed by atoms with Crippen LogP contribution in [0.1, 0.15) is 41.6 Å². The van der Waals surface area contributed by atoms with Crippen LogP contribution in [0.3, 0.4) is 0 Å². The molecule has 0 aliphatic carbocycles. The van der Waals surface area contributed by atoms with Crippen molar-refractivity contribution >= 4 is 17.2 Å². The highest BCUT2D eigenvalue weighted by Crippen LogP contribution is 2.10. The van der Waals surface area contributed by atoms with Crippen molar-refractivity contribution < 1.29 is 4.79 Å². The summed E-state index contributed by atoms with van der Waals surface area (Å²) in [7, 11) is 0. The smallest absolute Gasteiger partial charge is 0.273 e. The molecule has 2 aromatic heterocycles. The fourth-order valence-corrected chi connectivity index (χ4v) is 2.70. The summed E-state index contributed by atoms with van der Waals surface area (Å²) in [5, 5.41) is 12.8. The van der Waals surface area contributed by atoms with Gasteiger partial charge < -0.3 is 11.1 Å². The second-order valence-corrected chi connectivity index (χ2v) is 5.96. The van der Waals surface area contributed by atoms with Crippen molar-refractivity contribution in [3.8, 4) is 0 Å². The molecule has 0 radical (unpaired) electrons. The van der Waals surface area contributed by atoms with Gasteiger partial charge in [0.15, 0.2) is 5.69 Å². The highest BCUT2D eigenvalue weighted by Gasteiger charge is 2.15. The molecule has 2 heterocycles. The largest absolute Gasteiger partial charge is 0.347 e. The third-order valence-corrected chi connectivity index (χ3v) is 4.06. The normalized spacial score (nSPS) is 12.3. The van der Waals surface area contributed by atoms with Gasteiger partial charge in [0.1, 0.15) is 0 Å².